The second kappa shape index (κ2) is 4.90. The number of aryl methyl sites for hydroxylation is 2. The summed E-state index contributed by atoms with van der Waals surface area (Å²) >= 11 is 1.58. The smallest absolute Gasteiger partial charge is 0.249 e. The molecule has 0 bridgehead atoms. The molecule has 94 valence electrons. The largest absolute Gasteiger partial charge is 0.366 e. The Kier molecular flexibility index (Phi) is 3.48. The molecule has 0 fully saturated rings. The first kappa shape index (κ1) is 12.8. The van der Waals surface area contributed by atoms with Gasteiger partial charge >= 0.3 is 0 Å². The maximum Gasteiger partial charge on any atom is 0.249 e. The lowest BCUT2D eigenvalue weighted by Crippen LogP contribution is -2.16. The number of thiazole rings is 1. The molecule has 0 radical (unpaired) electrons. The molecule has 2 rings (SSSR count). The second-order valence-corrected chi connectivity index (χ2v) is 5.21. The van der Waals surface area contributed by atoms with Crippen LogP contribution in [0.1, 0.15) is 34.0 Å². The highest BCUT2D eigenvalue weighted by atomic mass is 32.1. The summed E-state index contributed by atoms with van der Waals surface area (Å²) in [5.41, 5.74) is 12.2. The number of nitrogens with two attached hydrogens (primary N) is 1. The fraction of sp³-hybridized carbons (Fsp3) is 0.286. The summed E-state index contributed by atoms with van der Waals surface area (Å²) in [7, 11) is 0. The number of amides is 1. The van der Waals surface area contributed by atoms with Crippen molar-refractivity contribution in [2.75, 3.05) is 0 Å². The van der Waals surface area contributed by atoms with Crippen molar-refractivity contribution in [1.82, 2.24) is 4.98 Å². The first-order valence-corrected chi connectivity index (χ1v) is 6.76. The Balaban J connectivity index is 2.80. The summed E-state index contributed by atoms with van der Waals surface area (Å²) in [5, 5.41) is 0. The highest BCUT2D eigenvalue weighted by Crippen LogP contribution is 2.34. The normalized spacial score (nSPS) is 10.6. The third-order valence-corrected chi connectivity index (χ3v) is 3.89. The maximum absolute atomic E-state index is 11.6. The Morgan fingerprint density at radius 2 is 2.11 bits per heavy atom. The van der Waals surface area contributed by atoms with E-state index in [2.05, 4.69) is 11.9 Å². The standard InChI is InChI=1S/C14H16N2OS/c1-4-10-12(11-6-16-7-18-11)8(2)5-9(3)13(10)14(15)17/h5-7H,4H2,1-3H3,(H2,15,17). The van der Waals surface area contributed by atoms with E-state index in [1.54, 1.807) is 16.8 Å². The van der Waals surface area contributed by atoms with Crippen LogP contribution in [-0.2, 0) is 6.42 Å². The zero-order valence-electron chi connectivity index (χ0n) is 10.8. The van der Waals surface area contributed by atoms with Gasteiger partial charge in [-0.1, -0.05) is 13.0 Å². The molecule has 0 aliphatic heterocycles. The molecule has 0 unspecified atom stereocenters. The summed E-state index contributed by atoms with van der Waals surface area (Å²) < 4.78 is 0. The van der Waals surface area contributed by atoms with E-state index in [9.17, 15) is 4.79 Å². The summed E-state index contributed by atoms with van der Waals surface area (Å²) in [5.74, 6) is -0.352. The average Bonchev–Trinajstić information content (AvgIpc) is 2.80. The number of carbonyl (C=O) groups excluding carboxylic acids is 1. The molecule has 2 aromatic rings. The van der Waals surface area contributed by atoms with Crippen molar-refractivity contribution in [3.05, 3.63) is 40.0 Å². The van der Waals surface area contributed by atoms with Crippen molar-refractivity contribution < 1.29 is 4.79 Å². The topological polar surface area (TPSA) is 56.0 Å². The fourth-order valence-corrected chi connectivity index (χ4v) is 3.21. The van der Waals surface area contributed by atoms with Crippen LogP contribution in [0, 0.1) is 13.8 Å². The van der Waals surface area contributed by atoms with Crippen molar-refractivity contribution in [2.24, 2.45) is 5.73 Å². The van der Waals surface area contributed by atoms with Gasteiger partial charge in [-0.3, -0.25) is 9.78 Å². The van der Waals surface area contributed by atoms with E-state index in [1.807, 2.05) is 26.1 Å². The van der Waals surface area contributed by atoms with E-state index in [1.165, 1.54) is 5.56 Å². The van der Waals surface area contributed by atoms with Gasteiger partial charge in [0, 0.05) is 17.3 Å². The van der Waals surface area contributed by atoms with Crippen LogP contribution in [0.3, 0.4) is 0 Å². The monoisotopic (exact) mass is 260 g/mol. The molecule has 1 amide bonds. The average molecular weight is 260 g/mol. The van der Waals surface area contributed by atoms with Crippen molar-refractivity contribution in [3.8, 4) is 10.4 Å². The fourth-order valence-electron chi connectivity index (χ4n) is 2.45. The Labute approximate surface area is 111 Å². The van der Waals surface area contributed by atoms with Crippen molar-refractivity contribution in [1.29, 1.82) is 0 Å². The highest BCUT2D eigenvalue weighted by molar-refractivity contribution is 7.13. The molecule has 0 spiro atoms. The van der Waals surface area contributed by atoms with E-state index in [4.69, 9.17) is 5.73 Å². The van der Waals surface area contributed by atoms with Crippen LogP contribution in [0.4, 0.5) is 0 Å². The van der Waals surface area contributed by atoms with Crippen LogP contribution in [0.25, 0.3) is 10.4 Å². The van der Waals surface area contributed by atoms with Gasteiger partial charge in [-0.15, -0.1) is 11.3 Å². The van der Waals surface area contributed by atoms with Crippen LogP contribution in [-0.4, -0.2) is 10.9 Å². The molecule has 1 aromatic carbocycles. The molecule has 0 aliphatic carbocycles. The molecule has 4 heteroatoms. The number of benzene rings is 1. The Morgan fingerprint density at radius 3 is 2.61 bits per heavy atom. The van der Waals surface area contributed by atoms with Crippen molar-refractivity contribution in [2.45, 2.75) is 27.2 Å². The molecule has 0 saturated carbocycles. The van der Waals surface area contributed by atoms with Crippen LogP contribution >= 0.6 is 11.3 Å². The minimum Gasteiger partial charge on any atom is -0.366 e. The predicted octanol–water partition coefficient (Wildman–Crippen LogP) is 3.09. The maximum atomic E-state index is 11.6. The summed E-state index contributed by atoms with van der Waals surface area (Å²) in [6.07, 6.45) is 2.63. The van der Waals surface area contributed by atoms with E-state index in [0.717, 1.165) is 28.0 Å². The summed E-state index contributed by atoms with van der Waals surface area (Å²) in [6, 6.07) is 2.02. The van der Waals surface area contributed by atoms with Gasteiger partial charge in [-0.25, -0.2) is 0 Å². The number of aromatic nitrogens is 1. The lowest BCUT2D eigenvalue weighted by atomic mass is 9.90. The van der Waals surface area contributed by atoms with E-state index in [-0.39, 0.29) is 5.91 Å². The van der Waals surface area contributed by atoms with Gasteiger partial charge in [-0.05, 0) is 37.0 Å². The molecule has 0 saturated heterocycles. The zero-order chi connectivity index (χ0) is 13.3. The van der Waals surface area contributed by atoms with E-state index >= 15 is 0 Å². The number of carbonyl (C=O) groups is 1. The van der Waals surface area contributed by atoms with Crippen LogP contribution in [0.15, 0.2) is 17.8 Å². The predicted molar refractivity (Wildman–Crippen MR) is 74.9 cm³/mol. The van der Waals surface area contributed by atoms with Gasteiger partial charge in [0.25, 0.3) is 0 Å². The van der Waals surface area contributed by atoms with Gasteiger partial charge in [0.1, 0.15) is 0 Å². The Hall–Kier alpha value is -1.68. The molecule has 1 aromatic heterocycles. The molecule has 0 atom stereocenters. The van der Waals surface area contributed by atoms with Crippen LogP contribution in [0.2, 0.25) is 0 Å². The molecule has 18 heavy (non-hydrogen) atoms. The minimum atomic E-state index is -0.352. The first-order chi connectivity index (χ1) is 8.56. The number of rotatable bonds is 3. The van der Waals surface area contributed by atoms with E-state index < -0.39 is 0 Å². The Morgan fingerprint density at radius 1 is 1.39 bits per heavy atom. The van der Waals surface area contributed by atoms with Gasteiger partial charge < -0.3 is 5.73 Å². The molecule has 0 aliphatic rings. The van der Waals surface area contributed by atoms with Gasteiger partial charge in [0.05, 0.1) is 10.4 Å². The summed E-state index contributed by atoms with van der Waals surface area (Å²) in [4.78, 5) is 16.8. The number of hydrogen-bond acceptors (Lipinski definition) is 3. The van der Waals surface area contributed by atoms with Gasteiger partial charge in [0.2, 0.25) is 5.91 Å². The lowest BCUT2D eigenvalue weighted by Gasteiger charge is -2.16. The third kappa shape index (κ3) is 2.04. The Bertz CT molecular complexity index is 588. The van der Waals surface area contributed by atoms with Gasteiger partial charge in [0.15, 0.2) is 0 Å². The molecule has 3 nitrogen and oxygen atoms in total. The molecule has 1 heterocycles. The zero-order valence-corrected chi connectivity index (χ0v) is 11.6. The summed E-state index contributed by atoms with van der Waals surface area (Å²) in [6.45, 7) is 6.04. The van der Waals surface area contributed by atoms with Gasteiger partial charge in [-0.2, -0.15) is 0 Å². The van der Waals surface area contributed by atoms with Crippen molar-refractivity contribution >= 4 is 17.2 Å². The van der Waals surface area contributed by atoms with Crippen LogP contribution in [0.5, 0.6) is 0 Å². The third-order valence-electron chi connectivity index (χ3n) is 3.10. The molecular formula is C14H16N2OS. The number of hydrogen-bond donors (Lipinski definition) is 1. The SMILES string of the molecule is CCc1c(C(N)=O)c(C)cc(C)c1-c1cncs1. The number of primary amides is 1. The number of nitrogens with zero attached hydrogens (tertiary/aromatic N) is 1. The quantitative estimate of drug-likeness (QED) is 0.922. The lowest BCUT2D eigenvalue weighted by molar-refractivity contribution is 0.0999. The molecule has 2 N–H and O–H groups in total. The molecular weight excluding hydrogens is 244 g/mol. The minimum absolute atomic E-state index is 0.352. The first-order valence-electron chi connectivity index (χ1n) is 5.88. The van der Waals surface area contributed by atoms with E-state index in [0.29, 0.717) is 5.56 Å². The van der Waals surface area contributed by atoms with Crippen molar-refractivity contribution in [3.63, 3.8) is 0 Å². The second-order valence-electron chi connectivity index (χ2n) is 4.32. The highest BCUT2D eigenvalue weighted by Gasteiger charge is 2.18. The van der Waals surface area contributed by atoms with Crippen LogP contribution < -0.4 is 5.73 Å².